The second kappa shape index (κ2) is 4.50. The Bertz CT molecular complexity index is 488. The number of amides is 1. The second-order valence-electron chi connectivity index (χ2n) is 5.46. The zero-order chi connectivity index (χ0) is 14.3. The van der Waals surface area contributed by atoms with Gasteiger partial charge in [-0.05, 0) is 33.8 Å². The Hall–Kier alpha value is -1.60. The van der Waals surface area contributed by atoms with Crippen LogP contribution >= 0.6 is 0 Å². The highest BCUT2D eigenvalue weighted by Gasteiger charge is 2.52. The lowest BCUT2D eigenvalue weighted by Crippen LogP contribution is -2.41. The predicted molar refractivity (Wildman–Crippen MR) is 71.6 cm³/mol. The quantitative estimate of drug-likeness (QED) is 0.790. The van der Waals surface area contributed by atoms with Crippen molar-refractivity contribution >= 4 is 24.5 Å². The van der Waals surface area contributed by atoms with Gasteiger partial charge in [0.2, 0.25) is 0 Å². The Balaban J connectivity index is 2.32. The fourth-order valence-corrected chi connectivity index (χ4v) is 1.78. The van der Waals surface area contributed by atoms with Crippen LogP contribution in [0, 0.1) is 0 Å². The smallest absolute Gasteiger partial charge is 0.465 e. The van der Waals surface area contributed by atoms with Crippen molar-refractivity contribution in [2.24, 2.45) is 0 Å². The molecule has 0 aliphatic carbocycles. The number of anilines is 1. The lowest BCUT2D eigenvalue weighted by molar-refractivity contribution is 0.00578. The molecule has 0 unspecified atom stereocenters. The summed E-state index contributed by atoms with van der Waals surface area (Å²) in [6.07, 6.45) is 0.344. The number of carboxylic acid groups (broad SMARTS) is 1. The molecule has 1 saturated heterocycles. The van der Waals surface area contributed by atoms with E-state index in [-0.39, 0.29) is 5.82 Å². The highest BCUT2D eigenvalue weighted by molar-refractivity contribution is 6.63. The number of rotatable bonds is 2. The minimum atomic E-state index is -1.17. The number of hydrogen-bond acceptors (Lipinski definition) is 4. The third-order valence-electron chi connectivity index (χ3n) is 3.57. The van der Waals surface area contributed by atoms with E-state index in [1.54, 1.807) is 12.1 Å². The summed E-state index contributed by atoms with van der Waals surface area (Å²) in [5.41, 5.74) is -0.384. The van der Waals surface area contributed by atoms with Crippen molar-refractivity contribution in [2.45, 2.75) is 38.9 Å². The molecule has 1 amide bonds. The molecule has 6 nitrogen and oxygen atoms in total. The third kappa shape index (κ3) is 2.57. The minimum Gasteiger partial charge on any atom is -0.465 e. The van der Waals surface area contributed by atoms with Crippen molar-refractivity contribution in [3.05, 3.63) is 18.3 Å². The molecule has 1 aliphatic rings. The van der Waals surface area contributed by atoms with Crippen molar-refractivity contribution < 1.29 is 19.2 Å². The van der Waals surface area contributed by atoms with Crippen molar-refractivity contribution in [3.8, 4) is 0 Å². The van der Waals surface area contributed by atoms with Crippen LogP contribution in [0.2, 0.25) is 0 Å². The van der Waals surface area contributed by atoms with E-state index in [2.05, 4.69) is 10.3 Å². The molecule has 2 N–H and O–H groups in total. The van der Waals surface area contributed by atoms with Crippen LogP contribution in [0.1, 0.15) is 27.7 Å². The largest absolute Gasteiger partial charge is 0.498 e. The van der Waals surface area contributed by atoms with Gasteiger partial charge in [0.25, 0.3) is 0 Å². The summed E-state index contributed by atoms with van der Waals surface area (Å²) < 4.78 is 11.8. The third-order valence-corrected chi connectivity index (χ3v) is 3.57. The van der Waals surface area contributed by atoms with Gasteiger partial charge in [-0.15, -0.1) is 0 Å². The van der Waals surface area contributed by atoms with Gasteiger partial charge in [-0.1, -0.05) is 6.07 Å². The van der Waals surface area contributed by atoms with Gasteiger partial charge in [0.15, 0.2) is 0 Å². The Labute approximate surface area is 112 Å². The van der Waals surface area contributed by atoms with E-state index in [1.807, 2.05) is 27.7 Å². The molecule has 0 saturated carbocycles. The summed E-state index contributed by atoms with van der Waals surface area (Å²) in [6.45, 7) is 7.75. The first kappa shape index (κ1) is 13.8. The molecule has 0 radical (unpaired) electrons. The standard InChI is InChI=1S/C12H17BN2O4/c1-11(2)12(3,4)19-13(18-11)8-6-5-7-14-9(8)15-10(16)17/h5-7H,1-4H3,(H,14,15)(H,16,17). The van der Waals surface area contributed by atoms with Crippen LogP contribution in [0.4, 0.5) is 10.6 Å². The van der Waals surface area contributed by atoms with Crippen LogP contribution in [0.25, 0.3) is 0 Å². The molecule has 1 aliphatic heterocycles. The van der Waals surface area contributed by atoms with E-state index in [0.29, 0.717) is 5.46 Å². The van der Waals surface area contributed by atoms with Crippen LogP contribution in [-0.2, 0) is 9.31 Å². The first-order chi connectivity index (χ1) is 8.73. The van der Waals surface area contributed by atoms with Crippen LogP contribution in [0.3, 0.4) is 0 Å². The SMILES string of the molecule is CC1(C)OB(c2cccnc2NC(=O)O)OC1(C)C. The summed E-state index contributed by atoms with van der Waals surface area (Å²) in [4.78, 5) is 14.8. The molecule has 7 heteroatoms. The molecule has 1 fully saturated rings. The van der Waals surface area contributed by atoms with E-state index in [1.165, 1.54) is 6.20 Å². The normalized spacial score (nSPS) is 20.3. The number of pyridine rings is 1. The van der Waals surface area contributed by atoms with E-state index in [4.69, 9.17) is 14.4 Å². The lowest BCUT2D eigenvalue weighted by Gasteiger charge is -2.32. The molecular weight excluding hydrogens is 247 g/mol. The maximum Gasteiger partial charge on any atom is 0.498 e. The Kier molecular flexibility index (Phi) is 3.28. The average molecular weight is 264 g/mol. The molecule has 2 rings (SSSR count). The number of nitrogens with zero attached hydrogens (tertiary/aromatic N) is 1. The molecule has 0 spiro atoms. The van der Waals surface area contributed by atoms with Gasteiger partial charge >= 0.3 is 13.2 Å². The van der Waals surface area contributed by atoms with Gasteiger partial charge in [0.1, 0.15) is 5.82 Å². The summed E-state index contributed by atoms with van der Waals surface area (Å²) >= 11 is 0. The summed E-state index contributed by atoms with van der Waals surface area (Å²) in [5, 5.41) is 11.1. The summed E-state index contributed by atoms with van der Waals surface area (Å²) in [6, 6.07) is 3.45. The minimum absolute atomic E-state index is 0.230. The zero-order valence-corrected chi connectivity index (χ0v) is 11.4. The molecule has 102 valence electrons. The second-order valence-corrected chi connectivity index (χ2v) is 5.46. The molecule has 0 atom stereocenters. The maximum atomic E-state index is 10.8. The van der Waals surface area contributed by atoms with Crippen molar-refractivity contribution in [1.82, 2.24) is 4.98 Å². The van der Waals surface area contributed by atoms with Crippen LogP contribution in [0.5, 0.6) is 0 Å². The van der Waals surface area contributed by atoms with E-state index in [0.717, 1.165) is 0 Å². The first-order valence-corrected chi connectivity index (χ1v) is 6.03. The number of nitrogens with one attached hydrogen (secondary N) is 1. The topological polar surface area (TPSA) is 80.7 Å². The van der Waals surface area contributed by atoms with Crippen LogP contribution in [-0.4, -0.2) is 34.5 Å². The van der Waals surface area contributed by atoms with Crippen molar-refractivity contribution in [2.75, 3.05) is 5.32 Å². The van der Waals surface area contributed by atoms with Crippen LogP contribution in [0.15, 0.2) is 18.3 Å². The van der Waals surface area contributed by atoms with E-state index in [9.17, 15) is 4.79 Å². The van der Waals surface area contributed by atoms with E-state index < -0.39 is 24.4 Å². The number of aromatic nitrogens is 1. The van der Waals surface area contributed by atoms with Gasteiger partial charge in [0, 0.05) is 11.7 Å². The molecule has 2 heterocycles. The van der Waals surface area contributed by atoms with Crippen LogP contribution < -0.4 is 10.8 Å². The molecule has 1 aromatic rings. The molecular formula is C12H17BN2O4. The lowest BCUT2D eigenvalue weighted by atomic mass is 9.79. The molecule has 1 aromatic heterocycles. The zero-order valence-electron chi connectivity index (χ0n) is 11.4. The summed E-state index contributed by atoms with van der Waals surface area (Å²) in [5.74, 6) is 0.230. The molecule has 0 bridgehead atoms. The fourth-order valence-electron chi connectivity index (χ4n) is 1.78. The molecule has 0 aromatic carbocycles. The predicted octanol–water partition coefficient (Wildman–Crippen LogP) is 1.47. The van der Waals surface area contributed by atoms with Gasteiger partial charge in [-0.3, -0.25) is 5.32 Å². The van der Waals surface area contributed by atoms with E-state index >= 15 is 0 Å². The Morgan fingerprint density at radius 3 is 2.42 bits per heavy atom. The summed E-state index contributed by atoms with van der Waals surface area (Å²) in [7, 11) is -0.638. The number of carbonyl (C=O) groups is 1. The van der Waals surface area contributed by atoms with Crippen molar-refractivity contribution in [3.63, 3.8) is 0 Å². The maximum absolute atomic E-state index is 10.8. The Morgan fingerprint density at radius 2 is 1.89 bits per heavy atom. The highest BCUT2D eigenvalue weighted by Crippen LogP contribution is 2.36. The fraction of sp³-hybridized carbons (Fsp3) is 0.500. The number of hydrogen-bond donors (Lipinski definition) is 2. The first-order valence-electron chi connectivity index (χ1n) is 6.03. The Morgan fingerprint density at radius 1 is 1.32 bits per heavy atom. The van der Waals surface area contributed by atoms with Gasteiger partial charge < -0.3 is 14.4 Å². The van der Waals surface area contributed by atoms with Gasteiger partial charge in [-0.2, -0.15) is 0 Å². The average Bonchev–Trinajstić information content (AvgIpc) is 2.48. The monoisotopic (exact) mass is 264 g/mol. The van der Waals surface area contributed by atoms with Gasteiger partial charge in [-0.25, -0.2) is 9.78 Å². The van der Waals surface area contributed by atoms with Gasteiger partial charge in [0.05, 0.1) is 11.2 Å². The highest BCUT2D eigenvalue weighted by atomic mass is 16.7. The molecule has 19 heavy (non-hydrogen) atoms. The van der Waals surface area contributed by atoms with Crippen molar-refractivity contribution in [1.29, 1.82) is 0 Å².